The van der Waals surface area contributed by atoms with Crippen LogP contribution in [0.2, 0.25) is 0 Å². The second-order valence-electron chi connectivity index (χ2n) is 6.65. The number of fused-ring (bicyclic) bond motifs is 1. The van der Waals surface area contributed by atoms with E-state index in [1.54, 1.807) is 18.6 Å². The predicted octanol–water partition coefficient (Wildman–Crippen LogP) is 2.69. The van der Waals surface area contributed by atoms with Crippen molar-refractivity contribution in [3.63, 3.8) is 0 Å². The Hall–Kier alpha value is -2.63. The van der Waals surface area contributed by atoms with Crippen molar-refractivity contribution >= 4 is 11.7 Å². The second kappa shape index (κ2) is 6.70. The van der Waals surface area contributed by atoms with Crippen LogP contribution in [0.5, 0.6) is 5.75 Å². The van der Waals surface area contributed by atoms with E-state index in [-0.39, 0.29) is 11.9 Å². The molecule has 2 aliphatic heterocycles. The van der Waals surface area contributed by atoms with Gasteiger partial charge >= 0.3 is 0 Å². The number of likely N-dealkylation sites (tertiary alicyclic amines) is 1. The summed E-state index contributed by atoms with van der Waals surface area (Å²) in [4.78, 5) is 23.2. The monoisotopic (exact) mass is 338 g/mol. The van der Waals surface area contributed by atoms with E-state index in [0.717, 1.165) is 31.7 Å². The minimum Gasteiger partial charge on any atom is -0.488 e. The normalized spacial score (nSPS) is 22.0. The number of aromatic nitrogens is 2. The Morgan fingerprint density at radius 3 is 3.04 bits per heavy atom. The molecule has 1 unspecified atom stereocenters. The average Bonchev–Trinajstić information content (AvgIpc) is 3.17. The van der Waals surface area contributed by atoms with Gasteiger partial charge in [-0.15, -0.1) is 0 Å². The van der Waals surface area contributed by atoms with Crippen molar-refractivity contribution in [3.05, 3.63) is 47.9 Å². The van der Waals surface area contributed by atoms with Gasteiger partial charge < -0.3 is 15.0 Å². The first-order chi connectivity index (χ1) is 12.2. The van der Waals surface area contributed by atoms with Crippen molar-refractivity contribution in [2.24, 2.45) is 0 Å². The number of anilines is 1. The van der Waals surface area contributed by atoms with Crippen molar-refractivity contribution in [2.75, 3.05) is 25.0 Å². The number of hydrogen-bond donors (Lipinski definition) is 1. The molecule has 4 heterocycles. The summed E-state index contributed by atoms with van der Waals surface area (Å²) >= 11 is 0. The molecule has 6 heteroatoms. The zero-order valence-corrected chi connectivity index (χ0v) is 14.3. The van der Waals surface area contributed by atoms with Gasteiger partial charge in [-0.25, -0.2) is 4.98 Å². The predicted molar refractivity (Wildman–Crippen MR) is 94.9 cm³/mol. The first-order valence-corrected chi connectivity index (χ1v) is 8.83. The summed E-state index contributed by atoms with van der Waals surface area (Å²) in [6, 6.07) is 6.15. The summed E-state index contributed by atoms with van der Waals surface area (Å²) in [5, 5.41) is 3.34. The quantitative estimate of drug-likeness (QED) is 0.932. The van der Waals surface area contributed by atoms with E-state index in [4.69, 9.17) is 4.74 Å². The summed E-state index contributed by atoms with van der Waals surface area (Å²) in [5.41, 5.74) is 1.83. The van der Waals surface area contributed by atoms with Gasteiger partial charge in [0.2, 0.25) is 0 Å². The van der Waals surface area contributed by atoms with Crippen molar-refractivity contribution in [3.8, 4) is 5.75 Å². The molecule has 2 aromatic rings. The summed E-state index contributed by atoms with van der Waals surface area (Å²) in [6.45, 7) is 4.21. The number of ether oxygens (including phenoxy) is 1. The van der Waals surface area contributed by atoms with Crippen LogP contribution in [0.4, 0.5) is 5.82 Å². The van der Waals surface area contributed by atoms with Gasteiger partial charge in [-0.3, -0.25) is 9.78 Å². The number of amides is 1. The number of nitrogens with one attached hydrogen (secondary N) is 1. The third-order valence-corrected chi connectivity index (χ3v) is 5.03. The topological polar surface area (TPSA) is 67.3 Å². The fourth-order valence-electron chi connectivity index (χ4n) is 3.46. The van der Waals surface area contributed by atoms with Crippen LogP contribution in [-0.4, -0.2) is 46.5 Å². The lowest BCUT2D eigenvalue weighted by atomic mass is 10.00. The molecule has 0 aliphatic carbocycles. The van der Waals surface area contributed by atoms with Crippen LogP contribution in [0.15, 0.2) is 36.8 Å². The van der Waals surface area contributed by atoms with Crippen LogP contribution in [0.25, 0.3) is 0 Å². The number of nitrogens with zero attached hydrogens (tertiary/aromatic N) is 3. The van der Waals surface area contributed by atoms with Crippen molar-refractivity contribution in [1.29, 1.82) is 0 Å². The standard InChI is InChI=1S/C19H22N4O2/c1-2-16-12-25-17-9-15(10-21-18(17)22-16)19(24)23-8-5-14(11-23)13-3-6-20-7-4-13/h3-4,6-7,9-10,14,16H,2,5,8,11-12H2,1H3,(H,21,22)/t14?,16-/m0/s1. The van der Waals surface area contributed by atoms with E-state index in [0.29, 0.717) is 23.8 Å². The highest BCUT2D eigenvalue weighted by atomic mass is 16.5. The first-order valence-electron chi connectivity index (χ1n) is 8.83. The molecule has 1 saturated heterocycles. The molecule has 25 heavy (non-hydrogen) atoms. The number of carbonyl (C=O) groups excluding carboxylic acids is 1. The highest BCUT2D eigenvalue weighted by molar-refractivity contribution is 5.95. The lowest BCUT2D eigenvalue weighted by Crippen LogP contribution is -2.32. The van der Waals surface area contributed by atoms with Crippen LogP contribution in [0, 0.1) is 0 Å². The Morgan fingerprint density at radius 1 is 1.40 bits per heavy atom. The zero-order chi connectivity index (χ0) is 17.2. The van der Waals surface area contributed by atoms with Crippen LogP contribution in [0.1, 0.15) is 41.6 Å². The average molecular weight is 338 g/mol. The minimum atomic E-state index is 0.0214. The fourth-order valence-corrected chi connectivity index (χ4v) is 3.46. The summed E-state index contributed by atoms with van der Waals surface area (Å²) < 4.78 is 5.77. The molecule has 1 fully saturated rings. The van der Waals surface area contributed by atoms with Crippen molar-refractivity contribution in [1.82, 2.24) is 14.9 Å². The number of pyridine rings is 2. The van der Waals surface area contributed by atoms with E-state index in [9.17, 15) is 4.79 Å². The van der Waals surface area contributed by atoms with E-state index in [1.165, 1.54) is 5.56 Å². The highest BCUT2D eigenvalue weighted by Gasteiger charge is 2.29. The molecule has 130 valence electrons. The molecule has 1 N–H and O–H groups in total. The van der Waals surface area contributed by atoms with Crippen LogP contribution < -0.4 is 10.1 Å². The van der Waals surface area contributed by atoms with Crippen LogP contribution in [0.3, 0.4) is 0 Å². The maximum Gasteiger partial charge on any atom is 0.255 e. The van der Waals surface area contributed by atoms with Gasteiger partial charge in [0, 0.05) is 37.6 Å². The molecular weight excluding hydrogens is 316 g/mol. The van der Waals surface area contributed by atoms with E-state index >= 15 is 0 Å². The molecule has 2 atom stereocenters. The van der Waals surface area contributed by atoms with E-state index in [2.05, 4.69) is 22.2 Å². The molecule has 0 aromatic carbocycles. The third kappa shape index (κ3) is 3.16. The molecule has 0 bridgehead atoms. The van der Waals surface area contributed by atoms with Gasteiger partial charge in [0.15, 0.2) is 11.6 Å². The molecule has 1 amide bonds. The largest absolute Gasteiger partial charge is 0.488 e. The van der Waals surface area contributed by atoms with E-state index in [1.807, 2.05) is 23.1 Å². The Labute approximate surface area is 147 Å². The van der Waals surface area contributed by atoms with Gasteiger partial charge in [-0.1, -0.05) is 6.92 Å². The zero-order valence-electron chi connectivity index (χ0n) is 14.3. The Kier molecular flexibility index (Phi) is 4.26. The third-order valence-electron chi connectivity index (χ3n) is 5.03. The molecule has 4 rings (SSSR count). The van der Waals surface area contributed by atoms with Crippen LogP contribution >= 0.6 is 0 Å². The molecular formula is C19H22N4O2. The minimum absolute atomic E-state index is 0.0214. The lowest BCUT2D eigenvalue weighted by molar-refractivity contribution is 0.0790. The highest BCUT2D eigenvalue weighted by Crippen LogP contribution is 2.31. The molecule has 2 aromatic heterocycles. The first kappa shape index (κ1) is 15.9. The number of hydrogen-bond acceptors (Lipinski definition) is 5. The Morgan fingerprint density at radius 2 is 2.24 bits per heavy atom. The van der Waals surface area contributed by atoms with Gasteiger partial charge in [-0.2, -0.15) is 0 Å². The van der Waals surface area contributed by atoms with Gasteiger partial charge in [0.1, 0.15) is 6.61 Å². The summed E-state index contributed by atoms with van der Waals surface area (Å²) in [6.07, 6.45) is 7.22. The Bertz CT molecular complexity index is 765. The Balaban J connectivity index is 1.47. The molecule has 2 aliphatic rings. The van der Waals surface area contributed by atoms with Gasteiger partial charge in [-0.05, 0) is 36.6 Å². The molecule has 6 nitrogen and oxygen atoms in total. The second-order valence-corrected chi connectivity index (χ2v) is 6.65. The maximum atomic E-state index is 12.8. The summed E-state index contributed by atoms with van der Waals surface area (Å²) in [7, 11) is 0. The fraction of sp³-hybridized carbons (Fsp3) is 0.421. The summed E-state index contributed by atoms with van der Waals surface area (Å²) in [5.74, 6) is 1.79. The maximum absolute atomic E-state index is 12.8. The van der Waals surface area contributed by atoms with E-state index < -0.39 is 0 Å². The molecule has 0 radical (unpaired) electrons. The van der Waals surface area contributed by atoms with Crippen LogP contribution in [-0.2, 0) is 0 Å². The number of carbonyl (C=O) groups is 1. The van der Waals surface area contributed by atoms with Crippen molar-refractivity contribution < 1.29 is 9.53 Å². The lowest BCUT2D eigenvalue weighted by Gasteiger charge is -2.26. The molecule has 0 saturated carbocycles. The van der Waals surface area contributed by atoms with Gasteiger partial charge in [0.25, 0.3) is 5.91 Å². The van der Waals surface area contributed by atoms with Gasteiger partial charge in [0.05, 0.1) is 11.6 Å². The number of rotatable bonds is 3. The van der Waals surface area contributed by atoms with Crippen molar-refractivity contribution in [2.45, 2.75) is 31.7 Å². The molecule has 0 spiro atoms. The smallest absolute Gasteiger partial charge is 0.255 e. The SMILES string of the molecule is CC[C@H]1COc2cc(C(=O)N3CCC(c4ccncc4)C3)cnc2N1.